The number of rotatable bonds is 5. The van der Waals surface area contributed by atoms with Crippen molar-refractivity contribution < 1.29 is 22.7 Å². The maximum atomic E-state index is 15.7. The third-order valence-electron chi connectivity index (χ3n) is 4.94. The third-order valence-corrected chi connectivity index (χ3v) is 5.17. The van der Waals surface area contributed by atoms with Gasteiger partial charge in [0.05, 0.1) is 6.54 Å². The molecule has 2 aromatic carbocycles. The van der Waals surface area contributed by atoms with Crippen molar-refractivity contribution in [3.05, 3.63) is 106 Å². The second-order valence-corrected chi connectivity index (χ2v) is 7.70. The van der Waals surface area contributed by atoms with Crippen LogP contribution in [0.25, 0.3) is 0 Å². The van der Waals surface area contributed by atoms with Crippen molar-refractivity contribution in [2.75, 3.05) is 0 Å². The van der Waals surface area contributed by atoms with E-state index in [1.54, 1.807) is 24.3 Å². The number of pyridine rings is 1. The molecule has 11 heteroatoms. The van der Waals surface area contributed by atoms with Gasteiger partial charge in [-0.3, -0.25) is 4.98 Å². The van der Waals surface area contributed by atoms with Gasteiger partial charge >= 0.3 is 5.92 Å². The van der Waals surface area contributed by atoms with E-state index in [9.17, 15) is 13.9 Å². The molecule has 0 radical (unpaired) electrons. The molecule has 0 aliphatic heterocycles. The van der Waals surface area contributed by atoms with Crippen molar-refractivity contribution >= 4 is 11.6 Å². The molecule has 1 N–H and O–H groups in total. The Morgan fingerprint density at radius 3 is 2.44 bits per heavy atom. The van der Waals surface area contributed by atoms with Crippen molar-refractivity contribution in [1.82, 2.24) is 25.2 Å². The van der Waals surface area contributed by atoms with Gasteiger partial charge in [-0.25, -0.2) is 13.5 Å². The summed E-state index contributed by atoms with van der Waals surface area (Å²) in [7, 11) is 0. The van der Waals surface area contributed by atoms with E-state index in [2.05, 4.69) is 32.4 Å². The Hall–Kier alpha value is -3.81. The van der Waals surface area contributed by atoms with Gasteiger partial charge in [0.1, 0.15) is 23.7 Å². The summed E-state index contributed by atoms with van der Waals surface area (Å²) in [5.41, 5.74) is -3.98. The summed E-state index contributed by atoms with van der Waals surface area (Å²) in [6.07, 6.45) is 2.07. The van der Waals surface area contributed by atoms with Gasteiger partial charge in [-0.2, -0.15) is 8.78 Å². The summed E-state index contributed by atoms with van der Waals surface area (Å²) in [6, 6.07) is 10.9. The van der Waals surface area contributed by atoms with Crippen LogP contribution in [0.2, 0.25) is 5.02 Å². The van der Waals surface area contributed by atoms with E-state index < -0.39 is 41.0 Å². The lowest BCUT2D eigenvalue weighted by Gasteiger charge is -2.35. The number of tetrazole rings is 1. The zero-order valence-electron chi connectivity index (χ0n) is 17.1. The molecule has 34 heavy (non-hydrogen) atoms. The number of halogens is 5. The van der Waals surface area contributed by atoms with Gasteiger partial charge in [-0.05, 0) is 52.9 Å². The van der Waals surface area contributed by atoms with E-state index in [-0.39, 0.29) is 0 Å². The van der Waals surface area contributed by atoms with Gasteiger partial charge < -0.3 is 5.11 Å². The lowest BCUT2D eigenvalue weighted by Crippen LogP contribution is -2.48. The van der Waals surface area contributed by atoms with Crippen LogP contribution >= 0.6 is 11.6 Å². The van der Waals surface area contributed by atoms with E-state index in [4.69, 9.17) is 11.6 Å². The number of aromatic nitrogens is 5. The summed E-state index contributed by atoms with van der Waals surface area (Å²) in [5.74, 6) is -0.880. The highest BCUT2D eigenvalue weighted by Crippen LogP contribution is 2.46. The van der Waals surface area contributed by atoms with Crippen molar-refractivity contribution in [3.63, 3.8) is 0 Å². The first-order chi connectivity index (χ1) is 16.2. The number of aliphatic hydroxyl groups is 1. The first-order valence-corrected chi connectivity index (χ1v) is 10.1. The van der Waals surface area contributed by atoms with E-state index in [0.717, 1.165) is 35.4 Å². The van der Waals surface area contributed by atoms with E-state index in [1.807, 2.05) is 0 Å². The smallest absolute Gasteiger partial charge is 0.323 e. The summed E-state index contributed by atoms with van der Waals surface area (Å²) >= 11 is 5.91. The first-order valence-electron chi connectivity index (χ1n) is 9.70. The molecule has 1 atom stereocenters. The largest absolute Gasteiger partial charge is 0.377 e. The Morgan fingerprint density at radius 2 is 1.79 bits per heavy atom. The molecular formula is C23H14ClF4N5O. The predicted molar refractivity (Wildman–Crippen MR) is 114 cm³/mol. The minimum absolute atomic E-state index is 0.316. The van der Waals surface area contributed by atoms with Crippen LogP contribution in [-0.4, -0.2) is 30.3 Å². The van der Waals surface area contributed by atoms with Crippen molar-refractivity contribution in [2.45, 2.75) is 18.1 Å². The van der Waals surface area contributed by atoms with Gasteiger partial charge in [-0.15, -0.1) is 5.10 Å². The molecule has 0 bridgehead atoms. The van der Waals surface area contributed by atoms with Crippen molar-refractivity contribution in [1.29, 1.82) is 0 Å². The maximum absolute atomic E-state index is 15.7. The normalized spacial score (nSPS) is 13.1. The van der Waals surface area contributed by atoms with Crippen molar-refractivity contribution in [2.24, 2.45) is 0 Å². The number of benzene rings is 2. The summed E-state index contributed by atoms with van der Waals surface area (Å²) in [4.78, 5) is 3.75. The van der Waals surface area contributed by atoms with Crippen LogP contribution in [0.5, 0.6) is 0 Å². The highest BCUT2D eigenvalue weighted by atomic mass is 35.5. The number of hydrogen-bond acceptors (Lipinski definition) is 5. The Kier molecular flexibility index (Phi) is 6.32. The van der Waals surface area contributed by atoms with Crippen LogP contribution in [0.3, 0.4) is 0 Å². The molecule has 1 unspecified atom stereocenters. The second kappa shape index (κ2) is 9.21. The fraction of sp³-hybridized carbons (Fsp3) is 0.130. The predicted octanol–water partition coefficient (Wildman–Crippen LogP) is 4.08. The van der Waals surface area contributed by atoms with Gasteiger partial charge in [0, 0.05) is 34.0 Å². The molecule has 2 heterocycles. The van der Waals surface area contributed by atoms with E-state index in [1.165, 1.54) is 6.07 Å². The SMILES string of the molecule is OC(Cn1cnnn1)(c1ccc(F)cc1F)C(F)(F)c1ccc(C#Cc2cccc(Cl)c2)cn1. The van der Waals surface area contributed by atoms with Crippen LogP contribution < -0.4 is 0 Å². The molecular weight excluding hydrogens is 474 g/mol. The van der Waals surface area contributed by atoms with E-state index in [0.29, 0.717) is 22.2 Å². The maximum Gasteiger partial charge on any atom is 0.323 e. The lowest BCUT2D eigenvalue weighted by atomic mass is 9.84. The Morgan fingerprint density at radius 1 is 1.00 bits per heavy atom. The molecule has 172 valence electrons. The van der Waals surface area contributed by atoms with Crippen LogP contribution in [0, 0.1) is 23.5 Å². The molecule has 0 saturated heterocycles. The minimum atomic E-state index is -4.14. The van der Waals surface area contributed by atoms with Gasteiger partial charge in [-0.1, -0.05) is 29.5 Å². The average molecular weight is 488 g/mol. The van der Waals surface area contributed by atoms with Crippen molar-refractivity contribution in [3.8, 4) is 11.8 Å². The lowest BCUT2D eigenvalue weighted by molar-refractivity contribution is -0.207. The van der Waals surface area contributed by atoms with E-state index >= 15 is 8.78 Å². The molecule has 0 amide bonds. The highest BCUT2D eigenvalue weighted by molar-refractivity contribution is 6.30. The van der Waals surface area contributed by atoms with Crippen LogP contribution in [0.15, 0.2) is 67.1 Å². The average Bonchev–Trinajstić information content (AvgIpc) is 3.30. The van der Waals surface area contributed by atoms with Crippen LogP contribution in [0.1, 0.15) is 22.4 Å². The Balaban J connectivity index is 1.71. The van der Waals surface area contributed by atoms with Crippen LogP contribution in [-0.2, 0) is 18.1 Å². The molecule has 2 aromatic heterocycles. The molecule has 0 saturated carbocycles. The standard InChI is InChI=1S/C23H14ClF4N5O/c24-17-3-1-2-15(10-17)4-5-16-6-9-21(29-12-16)23(27,28)22(34,13-33-14-30-31-32-33)19-8-7-18(25)11-20(19)26/h1-3,6-12,14,34H,13H2. The molecule has 0 fully saturated rings. The molecule has 0 spiro atoms. The van der Waals surface area contributed by atoms with Crippen LogP contribution in [0.4, 0.5) is 17.6 Å². The molecule has 0 aliphatic rings. The zero-order valence-corrected chi connectivity index (χ0v) is 17.9. The zero-order chi connectivity index (χ0) is 24.3. The molecule has 6 nitrogen and oxygen atoms in total. The quantitative estimate of drug-likeness (QED) is 0.339. The third kappa shape index (κ3) is 4.62. The summed E-state index contributed by atoms with van der Waals surface area (Å²) in [6.45, 7) is -0.937. The van der Waals surface area contributed by atoms with Gasteiger partial charge in [0.2, 0.25) is 0 Å². The van der Waals surface area contributed by atoms with Gasteiger partial charge in [0.15, 0.2) is 5.60 Å². The molecule has 4 aromatic rings. The highest BCUT2D eigenvalue weighted by Gasteiger charge is 2.57. The fourth-order valence-corrected chi connectivity index (χ4v) is 3.43. The number of hydrogen-bond donors (Lipinski definition) is 1. The Bertz CT molecular complexity index is 1370. The molecule has 0 aliphatic carbocycles. The molecule has 4 rings (SSSR count). The van der Waals surface area contributed by atoms with Gasteiger partial charge in [0.25, 0.3) is 0 Å². The number of alkyl halides is 2. The summed E-state index contributed by atoms with van der Waals surface area (Å²) < 4.78 is 60.1. The first kappa shape index (κ1) is 23.4. The summed E-state index contributed by atoms with van der Waals surface area (Å²) in [5, 5.41) is 21.8. The second-order valence-electron chi connectivity index (χ2n) is 7.26. The Labute approximate surface area is 195 Å². The number of nitrogens with zero attached hydrogens (tertiary/aromatic N) is 5. The fourth-order valence-electron chi connectivity index (χ4n) is 3.24. The topological polar surface area (TPSA) is 76.7 Å². The minimum Gasteiger partial charge on any atom is -0.377 e. The monoisotopic (exact) mass is 487 g/mol.